The van der Waals surface area contributed by atoms with Crippen molar-refractivity contribution in [1.29, 1.82) is 0 Å². The third-order valence-electron chi connectivity index (χ3n) is 13.1. The van der Waals surface area contributed by atoms with E-state index in [0.29, 0.717) is 6.42 Å². The van der Waals surface area contributed by atoms with Crippen molar-refractivity contribution >= 4 is 23.6 Å². The Balaban J connectivity index is 1.48. The topological polar surface area (TPSA) is 372 Å². The van der Waals surface area contributed by atoms with Crippen molar-refractivity contribution < 1.29 is 103 Å². The Kier molecular flexibility index (Phi) is 26.6. The minimum absolute atomic E-state index is 0.0560. The van der Waals surface area contributed by atoms with Gasteiger partial charge in [-0.2, -0.15) is 0 Å². The van der Waals surface area contributed by atoms with Crippen LogP contribution in [0.3, 0.4) is 0 Å². The number of carbonyl (C=O) groups is 4. The summed E-state index contributed by atoms with van der Waals surface area (Å²) in [6, 6.07) is -5.89. The fourth-order valence-corrected chi connectivity index (χ4v) is 9.38. The molecule has 72 heavy (non-hydrogen) atoms. The van der Waals surface area contributed by atoms with E-state index >= 15 is 0 Å². The van der Waals surface area contributed by atoms with E-state index in [4.69, 9.17) is 37.9 Å². The molecule has 25 heteroatoms. The molecule has 4 saturated heterocycles. The fourth-order valence-electron chi connectivity index (χ4n) is 9.38. The molecule has 0 radical (unpaired) electrons. The molecule has 0 aromatic rings. The van der Waals surface area contributed by atoms with Gasteiger partial charge in [-0.25, -0.2) is 0 Å². The molecule has 0 aromatic heterocycles. The van der Waals surface area contributed by atoms with E-state index in [9.17, 15) is 65.1 Å². The first-order chi connectivity index (χ1) is 34.4. The first-order valence-electron chi connectivity index (χ1n) is 25.1. The van der Waals surface area contributed by atoms with E-state index in [1.165, 1.54) is 39.7 Å². The molecule has 0 bridgehead atoms. The number of methoxy groups -OCH3 is 1. The molecule has 0 aromatic carbocycles. The molecule has 416 valence electrons. The normalized spacial score (nSPS) is 37.2. The van der Waals surface area contributed by atoms with Crippen molar-refractivity contribution in [3.8, 4) is 0 Å². The van der Waals surface area contributed by atoms with Crippen LogP contribution in [0.5, 0.6) is 0 Å². The summed E-state index contributed by atoms with van der Waals surface area (Å²) < 4.78 is 47.3. The van der Waals surface area contributed by atoms with Crippen molar-refractivity contribution in [3.05, 3.63) is 12.2 Å². The number of carbonyl (C=O) groups excluding carboxylic acids is 4. The van der Waals surface area contributed by atoms with Gasteiger partial charge >= 0.3 is 0 Å². The highest BCUT2D eigenvalue weighted by Gasteiger charge is 2.56. The molecule has 25 nitrogen and oxygen atoms in total. The van der Waals surface area contributed by atoms with Crippen LogP contribution >= 0.6 is 0 Å². The van der Waals surface area contributed by atoms with Gasteiger partial charge < -0.3 is 105 Å². The van der Waals surface area contributed by atoms with E-state index in [1.807, 2.05) is 0 Å². The number of hydrogen-bond acceptors (Lipinski definition) is 21. The second-order valence-electron chi connectivity index (χ2n) is 18.8. The zero-order chi connectivity index (χ0) is 53.1. The maximum Gasteiger partial charge on any atom is 0.220 e. The Hall–Kier alpha value is -3.06. The minimum Gasteiger partial charge on any atom is -0.394 e. The lowest BCUT2D eigenvalue weighted by Crippen LogP contribution is -2.71. The van der Waals surface area contributed by atoms with Gasteiger partial charge in [-0.15, -0.1) is 0 Å². The molecule has 4 aliphatic heterocycles. The Morgan fingerprint density at radius 3 is 1.19 bits per heavy atom. The molecular weight excluding hydrogens is 957 g/mol. The van der Waals surface area contributed by atoms with Crippen molar-refractivity contribution in [2.45, 2.75) is 227 Å². The van der Waals surface area contributed by atoms with Gasteiger partial charge in [0.05, 0.1) is 26.4 Å². The maximum atomic E-state index is 13.3. The van der Waals surface area contributed by atoms with Crippen LogP contribution in [0.15, 0.2) is 12.2 Å². The number of rotatable bonds is 28. The summed E-state index contributed by atoms with van der Waals surface area (Å²) in [5, 5.41) is 109. The summed E-state index contributed by atoms with van der Waals surface area (Å²) in [4.78, 5) is 50.5. The molecule has 14 unspecified atom stereocenters. The molecule has 0 saturated carbocycles. The lowest BCUT2D eigenvalue weighted by atomic mass is 9.93. The summed E-state index contributed by atoms with van der Waals surface area (Å²) in [7, 11) is 1.25. The highest BCUT2D eigenvalue weighted by atomic mass is 16.8. The number of aliphatic hydroxyl groups excluding tert-OH is 9. The number of allylic oxidation sites excluding steroid dienone is 2. The number of ether oxygens (including phenoxy) is 8. The Morgan fingerprint density at radius 2 is 0.806 bits per heavy atom. The lowest BCUT2D eigenvalue weighted by Gasteiger charge is -2.51. The number of unbranched alkanes of at least 4 members (excludes halogenated alkanes) is 9. The molecule has 4 fully saturated rings. The Morgan fingerprint density at radius 1 is 0.458 bits per heavy atom. The van der Waals surface area contributed by atoms with Gasteiger partial charge in [0.2, 0.25) is 23.6 Å². The average Bonchev–Trinajstić information content (AvgIpc) is 3.34. The fraction of sp³-hybridized carbons (Fsp3) is 0.872. The lowest BCUT2D eigenvalue weighted by molar-refractivity contribution is -0.362. The molecule has 0 spiro atoms. The van der Waals surface area contributed by atoms with Gasteiger partial charge in [0.25, 0.3) is 0 Å². The van der Waals surface area contributed by atoms with Gasteiger partial charge in [0.1, 0.15) is 97.4 Å². The minimum atomic E-state index is -1.88. The maximum absolute atomic E-state index is 13.3. The number of hydrogen-bond donors (Lipinski definition) is 13. The average molecular weight is 1040 g/mol. The number of nitrogens with one attached hydrogen (secondary N) is 4. The molecule has 13 N–H and O–H groups in total. The van der Waals surface area contributed by atoms with Gasteiger partial charge in [-0.1, -0.05) is 57.6 Å². The van der Waals surface area contributed by atoms with E-state index in [-0.39, 0.29) is 6.42 Å². The summed E-state index contributed by atoms with van der Waals surface area (Å²) in [5.41, 5.74) is 0. The standard InChI is InChI=1S/C47H82N4O21/c1-6-7-8-9-10-11-12-13-14-15-16-17-18-19-31(59)51-32-37(61)36(60)27(20-52)66-45(32)70-42-29(22-54)68-47(34(39(42)63)49-25(3)57)72-43-30(23-55)69-46(35(40(43)64)50-26(4)58)71-41-28(21-53)67-44(65-5)33(38(41)62)48-24(2)56/h11-12,27-30,32-47,52-55,60-64H,6-10,13-23H2,1-5H3,(H,48,56)(H,49,57)(H,50,58)(H,51,59)/b12-11-/t27?,28?,29?,30?,32?,33?,34?,35?,36?,37-,38?,39?,40-,41+,42+,43?,44+,45?,46?,47-/m1/s1. The van der Waals surface area contributed by atoms with Crippen LogP contribution in [-0.2, 0) is 57.1 Å². The van der Waals surface area contributed by atoms with E-state index < -0.39 is 173 Å². The predicted molar refractivity (Wildman–Crippen MR) is 250 cm³/mol. The van der Waals surface area contributed by atoms with Gasteiger partial charge in [0, 0.05) is 34.3 Å². The number of amides is 4. The molecular formula is C47H82N4O21. The van der Waals surface area contributed by atoms with Crippen molar-refractivity contribution in [2.75, 3.05) is 33.5 Å². The zero-order valence-electron chi connectivity index (χ0n) is 41.9. The SMILES string of the molecule is CCCCCC/C=C\CCCCCCCC(=O)NC1C(O[C@H]2C(CO)O[C@H](OC3C(CO)OC(O[C@H]4C(CO)O[C@H](OC)C(NC(C)=O)C4O)C(NC(C)=O)[C@H]3O)C(NC(C)=O)C2O)OC(CO)C(O)[C@@H]1O. The van der Waals surface area contributed by atoms with Crippen molar-refractivity contribution in [1.82, 2.24) is 21.3 Å². The smallest absolute Gasteiger partial charge is 0.220 e. The van der Waals surface area contributed by atoms with E-state index in [0.717, 1.165) is 52.4 Å². The van der Waals surface area contributed by atoms with Crippen LogP contribution < -0.4 is 21.3 Å². The number of aliphatic hydroxyl groups is 9. The molecule has 0 aliphatic carbocycles. The second-order valence-corrected chi connectivity index (χ2v) is 18.8. The Bertz CT molecular complexity index is 1670. The molecule has 4 rings (SSSR count). The zero-order valence-corrected chi connectivity index (χ0v) is 41.9. The first kappa shape index (κ1) is 61.5. The first-order valence-corrected chi connectivity index (χ1v) is 25.1. The van der Waals surface area contributed by atoms with Crippen LogP contribution in [0.4, 0.5) is 0 Å². The molecule has 4 heterocycles. The molecule has 4 amide bonds. The summed E-state index contributed by atoms with van der Waals surface area (Å²) >= 11 is 0. The van der Waals surface area contributed by atoms with Gasteiger partial charge in [0.15, 0.2) is 25.2 Å². The van der Waals surface area contributed by atoms with Crippen LogP contribution in [-0.4, -0.2) is 226 Å². The quantitative estimate of drug-likeness (QED) is 0.0270. The van der Waals surface area contributed by atoms with Gasteiger partial charge in [-0.3, -0.25) is 19.2 Å². The summed E-state index contributed by atoms with van der Waals surface area (Å²) in [6.45, 7) is 2.24. The Labute approximate surface area is 420 Å². The largest absolute Gasteiger partial charge is 0.394 e. The predicted octanol–water partition coefficient (Wildman–Crippen LogP) is -3.28. The highest BCUT2D eigenvalue weighted by Crippen LogP contribution is 2.35. The van der Waals surface area contributed by atoms with E-state index in [2.05, 4.69) is 40.3 Å². The molecule has 4 aliphatic rings. The van der Waals surface area contributed by atoms with Crippen LogP contribution in [0.1, 0.15) is 105 Å². The monoisotopic (exact) mass is 1040 g/mol. The third-order valence-corrected chi connectivity index (χ3v) is 13.1. The summed E-state index contributed by atoms with van der Waals surface area (Å²) in [6.07, 6.45) is -10.3. The van der Waals surface area contributed by atoms with Crippen LogP contribution in [0.2, 0.25) is 0 Å². The van der Waals surface area contributed by atoms with Gasteiger partial charge in [-0.05, 0) is 32.1 Å². The third kappa shape index (κ3) is 17.2. The van der Waals surface area contributed by atoms with E-state index in [1.54, 1.807) is 0 Å². The molecule has 20 atom stereocenters. The van der Waals surface area contributed by atoms with Crippen molar-refractivity contribution in [2.24, 2.45) is 0 Å². The van der Waals surface area contributed by atoms with Crippen LogP contribution in [0.25, 0.3) is 0 Å². The highest BCUT2D eigenvalue weighted by molar-refractivity contribution is 5.76. The summed E-state index contributed by atoms with van der Waals surface area (Å²) in [5.74, 6) is -2.53. The van der Waals surface area contributed by atoms with Crippen LogP contribution in [0, 0.1) is 0 Å². The second kappa shape index (κ2) is 31.1. The van der Waals surface area contributed by atoms with Crippen molar-refractivity contribution in [3.63, 3.8) is 0 Å².